The van der Waals surface area contributed by atoms with Crippen LogP contribution in [0.1, 0.15) is 22.4 Å². The molecule has 0 bridgehead atoms. The number of halogens is 1. The third kappa shape index (κ3) is 4.86. The number of nitrogens with zero attached hydrogens (tertiary/aromatic N) is 3. The van der Waals surface area contributed by atoms with Crippen molar-refractivity contribution in [3.8, 4) is 0 Å². The number of hydrogen-bond donors (Lipinski definition) is 0. The molecular weight excluding hydrogens is 358 g/mol. The van der Waals surface area contributed by atoms with Crippen LogP contribution in [0.15, 0.2) is 66.7 Å². The van der Waals surface area contributed by atoms with Gasteiger partial charge >= 0.3 is 0 Å². The molecule has 3 aromatic rings. The smallest absolute Gasteiger partial charge is 0.247 e. The highest BCUT2D eigenvalue weighted by Gasteiger charge is 2.14. The van der Waals surface area contributed by atoms with E-state index >= 15 is 0 Å². The number of rotatable bonds is 6. The summed E-state index contributed by atoms with van der Waals surface area (Å²) in [5.41, 5.74) is 3.74. The highest BCUT2D eigenvalue weighted by molar-refractivity contribution is 6.31. The van der Waals surface area contributed by atoms with Crippen LogP contribution in [0.5, 0.6) is 0 Å². The minimum absolute atomic E-state index is 0.0676. The van der Waals surface area contributed by atoms with Crippen molar-refractivity contribution in [3.63, 3.8) is 0 Å². The summed E-state index contributed by atoms with van der Waals surface area (Å²) in [6.07, 6.45) is 3.32. The highest BCUT2D eigenvalue weighted by Crippen LogP contribution is 2.20. The second-order valence-corrected chi connectivity index (χ2v) is 6.77. The van der Waals surface area contributed by atoms with Gasteiger partial charge in [0.1, 0.15) is 5.15 Å². The minimum atomic E-state index is -0.0676. The maximum Gasteiger partial charge on any atom is 0.247 e. The first-order valence-electron chi connectivity index (χ1n) is 8.78. The van der Waals surface area contributed by atoms with Crippen molar-refractivity contribution in [1.82, 2.24) is 14.7 Å². The number of aromatic nitrogens is 2. The monoisotopic (exact) mass is 379 g/mol. The summed E-state index contributed by atoms with van der Waals surface area (Å²) in [6.45, 7) is 2.96. The lowest BCUT2D eigenvalue weighted by atomic mass is 10.1. The molecule has 0 aliphatic heterocycles. The summed E-state index contributed by atoms with van der Waals surface area (Å²) in [4.78, 5) is 14.7. The molecule has 0 aliphatic rings. The van der Waals surface area contributed by atoms with Gasteiger partial charge in [0.05, 0.1) is 5.69 Å². The fourth-order valence-electron chi connectivity index (χ4n) is 2.92. The summed E-state index contributed by atoms with van der Waals surface area (Å²) >= 11 is 6.26. The lowest BCUT2D eigenvalue weighted by Gasteiger charge is -2.21. The minimum Gasteiger partial charge on any atom is -0.331 e. The van der Waals surface area contributed by atoms with Crippen molar-refractivity contribution in [2.45, 2.75) is 20.0 Å². The quantitative estimate of drug-likeness (QED) is 0.586. The standard InChI is InChI=1S/C22H22ClN3O/c1-17-20(22(23)25(2)24-17)13-14-21(27)26(15-18-9-5-3-6-10-18)16-19-11-7-4-8-12-19/h3-14H,15-16H2,1-2H3/b14-13+. The van der Waals surface area contributed by atoms with Crippen LogP contribution >= 0.6 is 11.6 Å². The van der Waals surface area contributed by atoms with Gasteiger partial charge in [0.25, 0.3) is 0 Å². The Hall–Kier alpha value is -2.85. The molecule has 4 nitrogen and oxygen atoms in total. The second kappa shape index (κ2) is 8.69. The Morgan fingerprint density at radius 1 is 1.04 bits per heavy atom. The highest BCUT2D eigenvalue weighted by atomic mass is 35.5. The Morgan fingerprint density at radius 2 is 1.56 bits per heavy atom. The van der Waals surface area contributed by atoms with Gasteiger partial charge in [-0.25, -0.2) is 0 Å². The number of carbonyl (C=O) groups excluding carboxylic acids is 1. The molecule has 5 heteroatoms. The molecule has 2 aromatic carbocycles. The summed E-state index contributed by atoms with van der Waals surface area (Å²) in [6, 6.07) is 20.0. The van der Waals surface area contributed by atoms with Crippen LogP contribution in [-0.2, 0) is 24.9 Å². The molecule has 3 rings (SSSR count). The first-order chi connectivity index (χ1) is 13.0. The van der Waals surface area contributed by atoms with E-state index in [0.29, 0.717) is 18.2 Å². The molecule has 0 N–H and O–H groups in total. The molecule has 138 valence electrons. The Balaban J connectivity index is 1.82. The van der Waals surface area contributed by atoms with E-state index in [2.05, 4.69) is 5.10 Å². The Bertz CT molecular complexity index is 891. The van der Waals surface area contributed by atoms with Crippen molar-refractivity contribution < 1.29 is 4.79 Å². The molecule has 0 atom stereocenters. The van der Waals surface area contributed by atoms with Gasteiger partial charge in [-0.15, -0.1) is 0 Å². The predicted octanol–water partition coefficient (Wildman–Crippen LogP) is 4.62. The number of carbonyl (C=O) groups is 1. The fourth-order valence-corrected chi connectivity index (χ4v) is 3.15. The van der Waals surface area contributed by atoms with Crippen molar-refractivity contribution >= 4 is 23.6 Å². The van der Waals surface area contributed by atoms with E-state index in [1.807, 2.05) is 72.5 Å². The number of benzene rings is 2. The van der Waals surface area contributed by atoms with E-state index in [9.17, 15) is 4.79 Å². The molecular formula is C22H22ClN3O. The third-order valence-electron chi connectivity index (χ3n) is 4.33. The molecule has 0 saturated heterocycles. The Kier molecular flexibility index (Phi) is 6.09. The largest absolute Gasteiger partial charge is 0.331 e. The predicted molar refractivity (Wildman–Crippen MR) is 109 cm³/mol. The second-order valence-electron chi connectivity index (χ2n) is 6.41. The van der Waals surface area contributed by atoms with E-state index < -0.39 is 0 Å². The van der Waals surface area contributed by atoms with E-state index in [4.69, 9.17) is 11.6 Å². The van der Waals surface area contributed by atoms with Gasteiger partial charge in [-0.05, 0) is 24.1 Å². The van der Waals surface area contributed by atoms with E-state index in [1.165, 1.54) is 0 Å². The van der Waals surface area contributed by atoms with Crippen LogP contribution in [0.3, 0.4) is 0 Å². The molecule has 1 heterocycles. The van der Waals surface area contributed by atoms with Gasteiger partial charge in [0, 0.05) is 31.8 Å². The summed E-state index contributed by atoms with van der Waals surface area (Å²) in [5.74, 6) is -0.0676. The number of amides is 1. The summed E-state index contributed by atoms with van der Waals surface area (Å²) in [7, 11) is 1.78. The molecule has 27 heavy (non-hydrogen) atoms. The zero-order valence-corrected chi connectivity index (χ0v) is 16.2. The van der Waals surface area contributed by atoms with Crippen LogP contribution in [0.2, 0.25) is 5.15 Å². The van der Waals surface area contributed by atoms with Crippen molar-refractivity contribution in [2.75, 3.05) is 0 Å². The van der Waals surface area contributed by atoms with E-state index in [1.54, 1.807) is 23.9 Å². The van der Waals surface area contributed by atoms with Crippen LogP contribution in [0, 0.1) is 6.92 Å². The first kappa shape index (κ1) is 18.9. The normalized spacial score (nSPS) is 11.1. The Morgan fingerprint density at radius 3 is 2.00 bits per heavy atom. The topological polar surface area (TPSA) is 38.1 Å². The zero-order valence-electron chi connectivity index (χ0n) is 15.5. The van der Waals surface area contributed by atoms with Crippen LogP contribution in [0.25, 0.3) is 6.08 Å². The molecule has 0 saturated carbocycles. The lowest BCUT2D eigenvalue weighted by Crippen LogP contribution is -2.28. The average molecular weight is 380 g/mol. The first-order valence-corrected chi connectivity index (χ1v) is 9.16. The summed E-state index contributed by atoms with van der Waals surface area (Å²) < 4.78 is 1.60. The van der Waals surface area contributed by atoms with Crippen molar-refractivity contribution in [2.24, 2.45) is 7.05 Å². The summed E-state index contributed by atoms with van der Waals surface area (Å²) in [5, 5.41) is 4.80. The fraction of sp³-hybridized carbons (Fsp3) is 0.182. The molecule has 0 aliphatic carbocycles. The number of aryl methyl sites for hydroxylation is 2. The van der Waals surface area contributed by atoms with Crippen LogP contribution in [-0.4, -0.2) is 20.6 Å². The zero-order chi connectivity index (χ0) is 19.2. The molecule has 0 unspecified atom stereocenters. The molecule has 0 spiro atoms. The van der Waals surface area contributed by atoms with Gasteiger partial charge in [0.2, 0.25) is 5.91 Å². The van der Waals surface area contributed by atoms with Crippen LogP contribution in [0.4, 0.5) is 0 Å². The Labute approximate surface area is 164 Å². The number of hydrogen-bond acceptors (Lipinski definition) is 2. The van der Waals surface area contributed by atoms with Gasteiger partial charge in [-0.1, -0.05) is 72.3 Å². The van der Waals surface area contributed by atoms with Gasteiger partial charge in [0.15, 0.2) is 0 Å². The average Bonchev–Trinajstić information content (AvgIpc) is 2.92. The van der Waals surface area contributed by atoms with E-state index in [-0.39, 0.29) is 5.91 Å². The molecule has 0 radical (unpaired) electrons. The third-order valence-corrected chi connectivity index (χ3v) is 4.78. The van der Waals surface area contributed by atoms with E-state index in [0.717, 1.165) is 22.4 Å². The van der Waals surface area contributed by atoms with Crippen molar-refractivity contribution in [3.05, 3.63) is 94.3 Å². The van der Waals surface area contributed by atoms with Gasteiger partial charge < -0.3 is 4.90 Å². The SMILES string of the molecule is Cc1nn(C)c(Cl)c1/C=C/C(=O)N(Cc1ccccc1)Cc1ccccc1. The lowest BCUT2D eigenvalue weighted by molar-refractivity contribution is -0.127. The molecule has 1 amide bonds. The maximum absolute atomic E-state index is 12.9. The molecule has 0 fully saturated rings. The van der Waals surface area contributed by atoms with Crippen molar-refractivity contribution in [1.29, 1.82) is 0 Å². The maximum atomic E-state index is 12.9. The van der Waals surface area contributed by atoms with Gasteiger partial charge in [-0.3, -0.25) is 9.48 Å². The molecule has 1 aromatic heterocycles. The van der Waals surface area contributed by atoms with Gasteiger partial charge in [-0.2, -0.15) is 5.10 Å². The van der Waals surface area contributed by atoms with Crippen LogP contribution < -0.4 is 0 Å².